The summed E-state index contributed by atoms with van der Waals surface area (Å²) in [6.45, 7) is 8.05. The number of aliphatic hydroxyl groups excluding tert-OH is 1. The summed E-state index contributed by atoms with van der Waals surface area (Å²) in [5, 5.41) is 20.5. The molecular formula is C24H34O4S. The van der Waals surface area contributed by atoms with Crippen LogP contribution in [0.3, 0.4) is 0 Å². The van der Waals surface area contributed by atoms with Crippen molar-refractivity contribution in [1.82, 2.24) is 0 Å². The Morgan fingerprint density at radius 2 is 1.93 bits per heavy atom. The van der Waals surface area contributed by atoms with E-state index in [0.717, 1.165) is 24.8 Å². The van der Waals surface area contributed by atoms with Crippen molar-refractivity contribution in [2.24, 2.45) is 17.8 Å². The summed E-state index contributed by atoms with van der Waals surface area (Å²) in [6, 6.07) is 8.55. The van der Waals surface area contributed by atoms with Crippen LogP contribution >= 0.6 is 0 Å². The van der Waals surface area contributed by atoms with E-state index in [0.29, 0.717) is 24.2 Å². The maximum absolute atomic E-state index is 13.3. The van der Waals surface area contributed by atoms with Gasteiger partial charge in [0.25, 0.3) is 0 Å². The van der Waals surface area contributed by atoms with Crippen molar-refractivity contribution in [2.45, 2.75) is 74.2 Å². The van der Waals surface area contributed by atoms with Crippen LogP contribution in [0.25, 0.3) is 0 Å². The first-order valence-electron chi connectivity index (χ1n) is 10.7. The van der Waals surface area contributed by atoms with Gasteiger partial charge in [-0.15, -0.1) is 0 Å². The fourth-order valence-corrected chi connectivity index (χ4v) is 7.29. The van der Waals surface area contributed by atoms with Crippen LogP contribution in [0.1, 0.15) is 52.4 Å². The smallest absolute Gasteiger partial charge is 0.185 e. The highest BCUT2D eigenvalue weighted by molar-refractivity contribution is 7.92. The molecule has 2 aliphatic rings. The zero-order chi connectivity index (χ0) is 21.2. The van der Waals surface area contributed by atoms with Gasteiger partial charge < -0.3 is 10.2 Å². The molecule has 0 aliphatic heterocycles. The van der Waals surface area contributed by atoms with E-state index in [-0.39, 0.29) is 17.8 Å². The van der Waals surface area contributed by atoms with E-state index < -0.39 is 26.8 Å². The average Bonchev–Trinajstić information content (AvgIpc) is 3.14. The van der Waals surface area contributed by atoms with Crippen molar-refractivity contribution < 1.29 is 18.6 Å². The average molecular weight is 419 g/mol. The van der Waals surface area contributed by atoms with Crippen LogP contribution in [0.15, 0.2) is 59.5 Å². The Hall–Kier alpha value is -1.43. The Labute approximate surface area is 175 Å². The summed E-state index contributed by atoms with van der Waals surface area (Å²) in [4.78, 5) is 0.326. The second-order valence-corrected chi connectivity index (χ2v) is 11.2. The van der Waals surface area contributed by atoms with Crippen molar-refractivity contribution in [2.75, 3.05) is 0 Å². The molecule has 3 rings (SSSR count). The van der Waals surface area contributed by atoms with E-state index in [9.17, 15) is 18.6 Å². The number of hydrogen-bond acceptors (Lipinski definition) is 4. The number of aliphatic hydroxyl groups is 2. The largest absolute Gasteiger partial charge is 0.392 e. The highest BCUT2D eigenvalue weighted by Crippen LogP contribution is 2.53. The van der Waals surface area contributed by atoms with Gasteiger partial charge in [0.05, 0.1) is 21.9 Å². The van der Waals surface area contributed by atoms with Crippen LogP contribution in [0.4, 0.5) is 0 Å². The molecule has 2 aliphatic carbocycles. The molecule has 29 heavy (non-hydrogen) atoms. The molecule has 4 nitrogen and oxygen atoms in total. The van der Waals surface area contributed by atoms with E-state index in [2.05, 4.69) is 13.5 Å². The molecule has 0 radical (unpaired) electrons. The predicted octanol–water partition coefficient (Wildman–Crippen LogP) is 4.29. The Kier molecular flexibility index (Phi) is 6.71. The second kappa shape index (κ2) is 8.75. The van der Waals surface area contributed by atoms with Gasteiger partial charge in [0, 0.05) is 5.92 Å². The number of rotatable bonds is 8. The fraction of sp³-hybridized carbons (Fsp3) is 0.583. The van der Waals surface area contributed by atoms with E-state index >= 15 is 0 Å². The minimum Gasteiger partial charge on any atom is -0.392 e. The molecule has 1 unspecified atom stereocenters. The van der Waals surface area contributed by atoms with E-state index in [4.69, 9.17) is 0 Å². The van der Waals surface area contributed by atoms with Crippen LogP contribution < -0.4 is 0 Å². The van der Waals surface area contributed by atoms with Gasteiger partial charge in [0.2, 0.25) is 0 Å². The van der Waals surface area contributed by atoms with E-state index in [1.165, 1.54) is 0 Å². The SMILES string of the molecule is C=C1C[C@H]2[C@H](/C=C/C[C@@](C)(O)CCCC)[C@H](O)C[C@@H]2C1S(=O)(=O)c1ccccc1. The second-order valence-electron chi connectivity index (χ2n) is 9.08. The number of unbranched alkanes of at least 4 members (excludes halogenated alkanes) is 1. The number of fused-ring (bicyclic) bond motifs is 1. The van der Waals surface area contributed by atoms with Crippen LogP contribution in [0, 0.1) is 17.8 Å². The number of benzene rings is 1. The Morgan fingerprint density at radius 1 is 1.24 bits per heavy atom. The third-order valence-electron chi connectivity index (χ3n) is 6.68. The van der Waals surface area contributed by atoms with Crippen LogP contribution in [0.5, 0.6) is 0 Å². The first-order chi connectivity index (χ1) is 13.7. The molecule has 1 aromatic carbocycles. The Morgan fingerprint density at radius 3 is 2.59 bits per heavy atom. The molecule has 0 heterocycles. The molecule has 0 bridgehead atoms. The van der Waals surface area contributed by atoms with Crippen LogP contribution in [-0.4, -0.2) is 35.6 Å². The van der Waals surface area contributed by atoms with Crippen molar-refractivity contribution in [1.29, 1.82) is 0 Å². The maximum Gasteiger partial charge on any atom is 0.185 e. The molecular weight excluding hydrogens is 384 g/mol. The predicted molar refractivity (Wildman–Crippen MR) is 116 cm³/mol. The molecule has 5 heteroatoms. The molecule has 1 aromatic rings. The molecule has 6 atom stereocenters. The zero-order valence-electron chi connectivity index (χ0n) is 17.5. The lowest BCUT2D eigenvalue weighted by Gasteiger charge is -2.22. The van der Waals surface area contributed by atoms with E-state index in [1.807, 2.05) is 19.1 Å². The van der Waals surface area contributed by atoms with Crippen molar-refractivity contribution in [3.63, 3.8) is 0 Å². The molecule has 0 amide bonds. The minimum atomic E-state index is -3.52. The molecule has 2 fully saturated rings. The van der Waals surface area contributed by atoms with Gasteiger partial charge in [-0.1, -0.05) is 62.3 Å². The number of sulfone groups is 1. The molecule has 2 saturated carbocycles. The summed E-state index contributed by atoms with van der Waals surface area (Å²) < 4.78 is 26.5. The zero-order valence-corrected chi connectivity index (χ0v) is 18.3. The molecule has 160 valence electrons. The summed E-state index contributed by atoms with van der Waals surface area (Å²) in [5.41, 5.74) is 0.0117. The monoisotopic (exact) mass is 418 g/mol. The molecule has 2 N–H and O–H groups in total. The first-order valence-corrected chi connectivity index (χ1v) is 12.3. The van der Waals surface area contributed by atoms with Gasteiger partial charge in [-0.25, -0.2) is 8.42 Å². The van der Waals surface area contributed by atoms with Crippen LogP contribution in [0.2, 0.25) is 0 Å². The van der Waals surface area contributed by atoms with E-state index in [1.54, 1.807) is 30.3 Å². The molecule has 0 aromatic heterocycles. The Balaban J connectivity index is 1.75. The van der Waals surface area contributed by atoms with Crippen molar-refractivity contribution >= 4 is 9.84 Å². The van der Waals surface area contributed by atoms with Crippen molar-refractivity contribution in [3.8, 4) is 0 Å². The third-order valence-corrected chi connectivity index (χ3v) is 8.96. The molecule has 0 spiro atoms. The van der Waals surface area contributed by atoms with Crippen LogP contribution in [-0.2, 0) is 9.84 Å². The standard InChI is InChI=1S/C24H34O4S/c1-4-5-13-24(3,26)14-9-12-19-20-15-17(2)23(21(20)16-22(19)25)29(27,28)18-10-7-6-8-11-18/h6-12,19-23,25-26H,2,4-5,13-16H2,1,3H3/b12-9+/t19-,20-,21-,22+,23?,24-/m0/s1. The molecule has 0 saturated heterocycles. The van der Waals surface area contributed by atoms with Gasteiger partial charge in [-0.2, -0.15) is 0 Å². The van der Waals surface area contributed by atoms with Gasteiger partial charge in [0.1, 0.15) is 0 Å². The van der Waals surface area contributed by atoms with Gasteiger partial charge in [-0.3, -0.25) is 0 Å². The minimum absolute atomic E-state index is 0.0813. The van der Waals surface area contributed by atoms with Gasteiger partial charge in [0.15, 0.2) is 9.84 Å². The topological polar surface area (TPSA) is 74.6 Å². The van der Waals surface area contributed by atoms with Gasteiger partial charge >= 0.3 is 0 Å². The summed E-state index contributed by atoms with van der Waals surface area (Å²) in [5.74, 6) is -0.120. The summed E-state index contributed by atoms with van der Waals surface area (Å²) in [7, 11) is -3.52. The highest BCUT2D eigenvalue weighted by Gasteiger charge is 2.54. The quantitative estimate of drug-likeness (QED) is 0.618. The highest BCUT2D eigenvalue weighted by atomic mass is 32.2. The normalized spacial score (nSPS) is 31.9. The summed E-state index contributed by atoms with van der Waals surface area (Å²) >= 11 is 0. The fourth-order valence-electron chi connectivity index (χ4n) is 5.15. The third kappa shape index (κ3) is 4.68. The summed E-state index contributed by atoms with van der Waals surface area (Å²) in [6.07, 6.45) is 7.83. The van der Waals surface area contributed by atoms with Gasteiger partial charge in [-0.05, 0) is 56.6 Å². The van der Waals surface area contributed by atoms with Crippen molar-refractivity contribution in [3.05, 3.63) is 54.6 Å². The lowest BCUT2D eigenvalue weighted by Crippen LogP contribution is -2.27. The lowest BCUT2D eigenvalue weighted by atomic mass is 9.89. The first kappa shape index (κ1) is 22.3. The lowest BCUT2D eigenvalue weighted by molar-refractivity contribution is 0.0513. The number of hydrogen-bond donors (Lipinski definition) is 2. The maximum atomic E-state index is 13.3. The Bertz CT molecular complexity index is 841.